The lowest BCUT2D eigenvalue weighted by Crippen LogP contribution is -2.40. The lowest BCUT2D eigenvalue weighted by molar-refractivity contribution is -0.904. The van der Waals surface area contributed by atoms with E-state index in [2.05, 4.69) is 0 Å². The van der Waals surface area contributed by atoms with Crippen molar-refractivity contribution >= 4 is 10.1 Å². The Morgan fingerprint density at radius 1 is 1.17 bits per heavy atom. The first-order chi connectivity index (χ1) is 10.6. The topological polar surface area (TPSA) is 72.8 Å². The summed E-state index contributed by atoms with van der Waals surface area (Å²) in [6.45, 7) is 1.01. The highest BCUT2D eigenvalue weighted by Gasteiger charge is 2.24. The van der Waals surface area contributed by atoms with Gasteiger partial charge in [-0.25, -0.2) is 4.39 Å². The van der Waals surface area contributed by atoms with E-state index in [0.717, 1.165) is 0 Å². The first kappa shape index (κ1) is 19.7. The molecule has 0 aliphatic carbocycles. The van der Waals surface area contributed by atoms with Gasteiger partial charge in [-0.05, 0) is 25.0 Å². The number of quaternary nitrogens is 1. The van der Waals surface area contributed by atoms with Crippen molar-refractivity contribution in [3.63, 3.8) is 0 Å². The lowest BCUT2D eigenvalue weighted by atomic mass is 10.1. The van der Waals surface area contributed by atoms with Gasteiger partial charge in [0.15, 0.2) is 11.5 Å². The summed E-state index contributed by atoms with van der Waals surface area (Å²) in [6.07, 6.45) is 0.957. The molecule has 0 aromatic heterocycles. The number of benzene rings is 1. The summed E-state index contributed by atoms with van der Waals surface area (Å²) in [7, 11) is 2.87. The van der Waals surface area contributed by atoms with E-state index in [4.69, 9.17) is 14.0 Å². The third-order valence-corrected chi connectivity index (χ3v) is 4.40. The molecule has 23 heavy (non-hydrogen) atoms. The second-order valence-electron chi connectivity index (χ2n) is 6.07. The van der Waals surface area contributed by atoms with Gasteiger partial charge in [0.05, 0.1) is 46.2 Å². The van der Waals surface area contributed by atoms with E-state index < -0.39 is 10.1 Å². The maximum atomic E-state index is 14.2. The predicted molar refractivity (Wildman–Crippen MR) is 85.8 cm³/mol. The van der Waals surface area contributed by atoms with Crippen molar-refractivity contribution in [2.75, 3.05) is 40.6 Å². The minimum absolute atomic E-state index is 0.260. The number of nitrogens with zero attached hydrogens (tertiary/aromatic N) is 1. The molecule has 1 N–H and O–H groups in total. The van der Waals surface area contributed by atoms with Gasteiger partial charge in [-0.2, -0.15) is 8.42 Å². The highest BCUT2D eigenvalue weighted by Crippen LogP contribution is 2.34. The molecule has 0 heterocycles. The van der Waals surface area contributed by atoms with Crippen molar-refractivity contribution in [2.24, 2.45) is 0 Å². The zero-order valence-corrected chi connectivity index (χ0v) is 14.8. The third-order valence-electron chi connectivity index (χ3n) is 3.59. The summed E-state index contributed by atoms with van der Waals surface area (Å²) in [4.78, 5) is 0. The van der Waals surface area contributed by atoms with Crippen molar-refractivity contribution in [1.82, 2.24) is 0 Å². The Labute approximate surface area is 137 Å². The molecule has 0 saturated heterocycles. The minimum Gasteiger partial charge on any atom is -0.493 e. The first-order valence-electron chi connectivity index (χ1n) is 7.26. The Hall–Kier alpha value is -1.38. The van der Waals surface area contributed by atoms with Gasteiger partial charge in [0.1, 0.15) is 12.4 Å². The smallest absolute Gasteiger partial charge is 0.264 e. The summed E-state index contributed by atoms with van der Waals surface area (Å²) in [5.41, 5.74) is 0.423. The van der Waals surface area contributed by atoms with Gasteiger partial charge in [0.2, 0.25) is 0 Å². The number of methoxy groups -OCH3 is 2. The van der Waals surface area contributed by atoms with Crippen LogP contribution in [0.15, 0.2) is 12.1 Å². The molecule has 0 unspecified atom stereocenters. The second-order valence-corrected chi connectivity index (χ2v) is 7.64. The fraction of sp³-hybridized carbons (Fsp3) is 0.600. The Kier molecular flexibility index (Phi) is 6.79. The van der Waals surface area contributed by atoms with Crippen molar-refractivity contribution < 1.29 is 31.3 Å². The van der Waals surface area contributed by atoms with Crippen LogP contribution in [0.2, 0.25) is 0 Å². The summed E-state index contributed by atoms with van der Waals surface area (Å²) in [6, 6.07) is 2.86. The average Bonchev–Trinajstić information content (AvgIpc) is 2.44. The molecule has 0 radical (unpaired) electrons. The average molecular weight is 350 g/mol. The van der Waals surface area contributed by atoms with E-state index in [1.807, 2.05) is 14.1 Å². The molecule has 1 aromatic carbocycles. The maximum absolute atomic E-state index is 14.2. The zero-order chi connectivity index (χ0) is 17.7. The van der Waals surface area contributed by atoms with Gasteiger partial charge < -0.3 is 14.0 Å². The monoisotopic (exact) mass is 350 g/mol. The fourth-order valence-electron chi connectivity index (χ4n) is 2.45. The molecular formula is C15H25FNO5S+. The van der Waals surface area contributed by atoms with Gasteiger partial charge in [-0.15, -0.1) is 0 Å². The van der Waals surface area contributed by atoms with Crippen molar-refractivity contribution in [2.45, 2.75) is 19.4 Å². The van der Waals surface area contributed by atoms with Crippen LogP contribution in [-0.4, -0.2) is 58.1 Å². The van der Waals surface area contributed by atoms with Gasteiger partial charge in [-0.3, -0.25) is 4.55 Å². The van der Waals surface area contributed by atoms with Crippen LogP contribution in [0.1, 0.15) is 18.4 Å². The molecule has 1 rings (SSSR count). The fourth-order valence-corrected chi connectivity index (χ4v) is 3.01. The van der Waals surface area contributed by atoms with Crippen LogP contribution in [0.25, 0.3) is 0 Å². The SMILES string of the molecule is COc1ccc(F)c(C[N+](C)(C)CCCCS(=O)(=O)O)c1OC. The summed E-state index contributed by atoms with van der Waals surface area (Å²) in [5, 5.41) is 0. The Bertz CT molecular complexity index is 631. The standard InChI is InChI=1S/C15H24FNO5S/c1-17(2,9-5-6-10-23(18,19)20)11-12-13(16)7-8-14(21-3)15(12)22-4/h7-8H,5-6,9-11H2,1-4H3/p+1. The molecule has 0 amide bonds. The number of ether oxygens (including phenoxy) is 2. The molecule has 0 fully saturated rings. The summed E-state index contributed by atoms with van der Waals surface area (Å²) < 4.78 is 55.3. The Balaban J connectivity index is 2.80. The van der Waals surface area contributed by atoms with Gasteiger partial charge in [0, 0.05) is 0 Å². The molecule has 8 heteroatoms. The highest BCUT2D eigenvalue weighted by atomic mass is 32.2. The van der Waals surface area contributed by atoms with E-state index in [-0.39, 0.29) is 11.6 Å². The maximum Gasteiger partial charge on any atom is 0.264 e. The zero-order valence-electron chi connectivity index (χ0n) is 14.0. The molecule has 0 aliphatic rings. The Morgan fingerprint density at radius 3 is 2.35 bits per heavy atom. The van der Waals surface area contributed by atoms with E-state index in [1.165, 1.54) is 26.4 Å². The number of unbranched alkanes of at least 4 members (excludes halogenated alkanes) is 1. The third kappa shape index (κ3) is 6.32. The van der Waals surface area contributed by atoms with Gasteiger partial charge in [-0.1, -0.05) is 0 Å². The van der Waals surface area contributed by atoms with Crippen LogP contribution in [0.4, 0.5) is 4.39 Å². The summed E-state index contributed by atoms with van der Waals surface area (Å²) in [5.74, 6) is 0.211. The molecule has 1 aromatic rings. The van der Waals surface area contributed by atoms with E-state index >= 15 is 0 Å². The van der Waals surface area contributed by atoms with Gasteiger partial charge >= 0.3 is 0 Å². The number of hydrogen-bond acceptors (Lipinski definition) is 4. The quantitative estimate of drug-likeness (QED) is 0.419. The van der Waals surface area contributed by atoms with Crippen LogP contribution < -0.4 is 9.47 Å². The number of halogens is 1. The van der Waals surface area contributed by atoms with Crippen LogP contribution >= 0.6 is 0 Å². The van der Waals surface area contributed by atoms with E-state index in [9.17, 15) is 12.8 Å². The summed E-state index contributed by atoms with van der Waals surface area (Å²) >= 11 is 0. The van der Waals surface area contributed by atoms with Crippen LogP contribution in [0.3, 0.4) is 0 Å². The Morgan fingerprint density at radius 2 is 1.83 bits per heavy atom. The molecule has 0 atom stereocenters. The predicted octanol–water partition coefficient (Wildman–Crippen LogP) is 2.09. The molecule has 0 bridgehead atoms. The molecule has 0 aliphatic heterocycles. The van der Waals surface area contributed by atoms with E-state index in [1.54, 1.807) is 0 Å². The van der Waals surface area contributed by atoms with Crippen molar-refractivity contribution in [3.05, 3.63) is 23.5 Å². The molecule has 6 nitrogen and oxygen atoms in total. The molecule has 132 valence electrons. The lowest BCUT2D eigenvalue weighted by Gasteiger charge is -2.30. The van der Waals surface area contributed by atoms with Crippen molar-refractivity contribution in [1.29, 1.82) is 0 Å². The largest absolute Gasteiger partial charge is 0.493 e. The number of hydrogen-bond donors (Lipinski definition) is 1. The van der Waals surface area contributed by atoms with Gasteiger partial charge in [0.25, 0.3) is 10.1 Å². The van der Waals surface area contributed by atoms with Crippen molar-refractivity contribution in [3.8, 4) is 11.5 Å². The first-order valence-corrected chi connectivity index (χ1v) is 8.87. The molecule has 0 spiro atoms. The molecule has 0 saturated carbocycles. The van der Waals surface area contributed by atoms with Crippen LogP contribution in [-0.2, 0) is 16.7 Å². The number of rotatable bonds is 9. The van der Waals surface area contributed by atoms with E-state index in [0.29, 0.717) is 47.5 Å². The molecular weight excluding hydrogens is 325 g/mol. The normalized spacial score (nSPS) is 12.3. The van der Waals surface area contributed by atoms with Crippen LogP contribution in [0.5, 0.6) is 11.5 Å². The minimum atomic E-state index is -3.93. The van der Waals surface area contributed by atoms with Crippen LogP contribution in [0, 0.1) is 5.82 Å². The highest BCUT2D eigenvalue weighted by molar-refractivity contribution is 7.85. The second kappa shape index (κ2) is 7.94.